The van der Waals surface area contributed by atoms with Gasteiger partial charge in [0, 0.05) is 58.4 Å². The van der Waals surface area contributed by atoms with Crippen molar-refractivity contribution in [2.45, 2.75) is 19.9 Å². The van der Waals surface area contributed by atoms with Crippen LogP contribution in [0, 0.1) is 6.92 Å². The second-order valence-electron chi connectivity index (χ2n) is 9.44. The van der Waals surface area contributed by atoms with Crippen molar-refractivity contribution in [1.82, 2.24) is 24.7 Å². The van der Waals surface area contributed by atoms with Gasteiger partial charge in [-0.3, -0.25) is 19.3 Å². The lowest BCUT2D eigenvalue weighted by Crippen LogP contribution is -2.55. The molecule has 10 nitrogen and oxygen atoms in total. The second-order valence-corrected chi connectivity index (χ2v) is 9.44. The van der Waals surface area contributed by atoms with Gasteiger partial charge in [0.25, 0.3) is 11.8 Å². The number of hydrogen-bond acceptors (Lipinski definition) is 8. The molecule has 0 spiro atoms. The molecular weight excluding hydrogens is 446 g/mol. The molecule has 10 heteroatoms. The minimum Gasteiger partial charge on any atom is -0.354 e. The summed E-state index contributed by atoms with van der Waals surface area (Å²) in [5.41, 5.74) is 0.717. The zero-order chi connectivity index (χ0) is 24.7. The number of likely N-dealkylation sites (N-methyl/N-ethyl adjacent to an activating group) is 1. The molecule has 1 aromatic carbocycles. The SMILES string of the molecule is Cc1nc(N2CCN(C)CC2)cc(N2CCN(C(=O)C(C)N3C(=O)c4ccccc4C3=O)CC2)n1. The summed E-state index contributed by atoms with van der Waals surface area (Å²) < 4.78 is 0. The minimum absolute atomic E-state index is 0.212. The highest BCUT2D eigenvalue weighted by Crippen LogP contribution is 2.26. The van der Waals surface area contributed by atoms with Crippen LogP contribution in [0.4, 0.5) is 11.6 Å². The van der Waals surface area contributed by atoms with Crippen LogP contribution in [0.15, 0.2) is 30.3 Å². The van der Waals surface area contributed by atoms with E-state index in [-0.39, 0.29) is 5.91 Å². The first-order chi connectivity index (χ1) is 16.8. The van der Waals surface area contributed by atoms with E-state index >= 15 is 0 Å². The van der Waals surface area contributed by atoms with Crippen molar-refractivity contribution in [1.29, 1.82) is 0 Å². The van der Waals surface area contributed by atoms with Gasteiger partial charge in [-0.15, -0.1) is 0 Å². The number of aromatic nitrogens is 2. The number of carbonyl (C=O) groups excluding carboxylic acids is 3. The highest BCUT2D eigenvalue weighted by Gasteiger charge is 2.42. The summed E-state index contributed by atoms with van der Waals surface area (Å²) in [4.78, 5) is 57.7. The van der Waals surface area contributed by atoms with Gasteiger partial charge >= 0.3 is 0 Å². The monoisotopic (exact) mass is 477 g/mol. The highest BCUT2D eigenvalue weighted by atomic mass is 16.2. The third-order valence-electron chi connectivity index (χ3n) is 7.12. The summed E-state index contributed by atoms with van der Waals surface area (Å²) in [7, 11) is 2.13. The smallest absolute Gasteiger partial charge is 0.262 e. The lowest BCUT2D eigenvalue weighted by atomic mass is 10.1. The van der Waals surface area contributed by atoms with Crippen LogP contribution in [0.5, 0.6) is 0 Å². The quantitative estimate of drug-likeness (QED) is 0.599. The van der Waals surface area contributed by atoms with E-state index in [1.807, 2.05) is 13.0 Å². The maximum absolute atomic E-state index is 13.2. The number of aryl methyl sites for hydroxylation is 1. The number of hydrogen-bond donors (Lipinski definition) is 0. The van der Waals surface area contributed by atoms with Crippen LogP contribution in [-0.4, -0.2) is 108 Å². The first kappa shape index (κ1) is 23.2. The summed E-state index contributed by atoms with van der Waals surface area (Å²) in [5.74, 6) is 1.52. The normalized spacial score (nSPS) is 19.9. The van der Waals surface area contributed by atoms with Crippen LogP contribution in [-0.2, 0) is 4.79 Å². The summed E-state index contributed by atoms with van der Waals surface area (Å²) in [6.45, 7) is 9.67. The van der Waals surface area contributed by atoms with Gasteiger partial charge in [-0.25, -0.2) is 9.97 Å². The molecule has 0 radical (unpaired) electrons. The number of amides is 3. The van der Waals surface area contributed by atoms with Gasteiger partial charge in [0.15, 0.2) is 0 Å². The topological polar surface area (TPSA) is 93.2 Å². The van der Waals surface area contributed by atoms with E-state index in [4.69, 9.17) is 0 Å². The first-order valence-corrected chi connectivity index (χ1v) is 12.1. The van der Waals surface area contributed by atoms with E-state index in [0.29, 0.717) is 37.3 Å². The molecule has 3 aliphatic rings. The Morgan fingerprint density at radius 2 is 1.31 bits per heavy atom. The van der Waals surface area contributed by atoms with Crippen molar-refractivity contribution in [2.75, 3.05) is 69.2 Å². The largest absolute Gasteiger partial charge is 0.354 e. The number of imide groups is 1. The number of rotatable bonds is 4. The van der Waals surface area contributed by atoms with E-state index in [0.717, 1.165) is 48.5 Å². The Kier molecular flexibility index (Phi) is 6.14. The summed E-state index contributed by atoms with van der Waals surface area (Å²) in [5, 5.41) is 0. The average molecular weight is 478 g/mol. The van der Waals surface area contributed by atoms with Gasteiger partial charge in [0.05, 0.1) is 11.1 Å². The Hall–Kier alpha value is -3.53. The van der Waals surface area contributed by atoms with Crippen LogP contribution in [0.3, 0.4) is 0 Å². The lowest BCUT2D eigenvalue weighted by molar-refractivity contribution is -0.135. The Labute approximate surface area is 205 Å². The predicted molar refractivity (Wildman–Crippen MR) is 132 cm³/mol. The van der Waals surface area contributed by atoms with Gasteiger partial charge in [0.2, 0.25) is 5.91 Å². The van der Waals surface area contributed by atoms with Gasteiger partial charge in [0.1, 0.15) is 23.5 Å². The highest BCUT2D eigenvalue weighted by molar-refractivity contribution is 6.22. The van der Waals surface area contributed by atoms with Crippen LogP contribution in [0.25, 0.3) is 0 Å². The van der Waals surface area contributed by atoms with E-state index in [1.165, 1.54) is 0 Å². The van der Waals surface area contributed by atoms with Crippen LogP contribution in [0.1, 0.15) is 33.5 Å². The molecule has 0 N–H and O–H groups in total. The van der Waals surface area contributed by atoms with Crippen LogP contribution in [0.2, 0.25) is 0 Å². The molecule has 3 amide bonds. The number of fused-ring (bicyclic) bond motifs is 1. The Bertz CT molecular complexity index is 1120. The molecule has 1 aromatic heterocycles. The van der Waals surface area contributed by atoms with Crippen molar-refractivity contribution in [3.05, 3.63) is 47.3 Å². The molecule has 0 bridgehead atoms. The van der Waals surface area contributed by atoms with Crippen molar-refractivity contribution in [2.24, 2.45) is 0 Å². The molecule has 4 heterocycles. The van der Waals surface area contributed by atoms with Crippen molar-refractivity contribution in [3.63, 3.8) is 0 Å². The lowest BCUT2D eigenvalue weighted by Gasteiger charge is -2.38. The number of anilines is 2. The van der Waals surface area contributed by atoms with Crippen molar-refractivity contribution in [3.8, 4) is 0 Å². The average Bonchev–Trinajstić information content (AvgIpc) is 3.13. The molecule has 1 unspecified atom stereocenters. The van der Waals surface area contributed by atoms with Gasteiger partial charge in [-0.05, 0) is 33.0 Å². The van der Waals surface area contributed by atoms with E-state index in [2.05, 4.69) is 31.7 Å². The molecule has 184 valence electrons. The molecule has 0 aliphatic carbocycles. The van der Waals surface area contributed by atoms with Gasteiger partial charge in [-0.2, -0.15) is 0 Å². The van der Waals surface area contributed by atoms with E-state index < -0.39 is 17.9 Å². The maximum atomic E-state index is 13.2. The first-order valence-electron chi connectivity index (χ1n) is 12.1. The summed E-state index contributed by atoms with van der Waals surface area (Å²) >= 11 is 0. The number of benzene rings is 1. The van der Waals surface area contributed by atoms with E-state index in [1.54, 1.807) is 36.1 Å². The maximum Gasteiger partial charge on any atom is 0.262 e. The molecule has 5 rings (SSSR count). The van der Waals surface area contributed by atoms with Gasteiger partial charge < -0.3 is 19.6 Å². The van der Waals surface area contributed by atoms with Crippen molar-refractivity contribution >= 4 is 29.4 Å². The van der Waals surface area contributed by atoms with Crippen LogP contribution < -0.4 is 9.80 Å². The van der Waals surface area contributed by atoms with Crippen LogP contribution >= 0.6 is 0 Å². The zero-order valence-electron chi connectivity index (χ0n) is 20.5. The molecule has 35 heavy (non-hydrogen) atoms. The molecular formula is C25H31N7O3. The standard InChI is InChI=1S/C25H31N7O3/c1-17(32-24(34)19-6-4-5-7-20(19)25(32)35)23(33)31-14-12-30(13-15-31)22-16-21(26-18(2)27-22)29-10-8-28(3)9-11-29/h4-7,16-17H,8-15H2,1-3H3. The fourth-order valence-electron chi connectivity index (χ4n) is 4.99. The predicted octanol–water partition coefficient (Wildman–Crippen LogP) is 0.870. The summed E-state index contributed by atoms with van der Waals surface area (Å²) in [6, 6.07) is 7.90. The second kappa shape index (κ2) is 9.26. The minimum atomic E-state index is -0.848. The Morgan fingerprint density at radius 1 is 0.829 bits per heavy atom. The third kappa shape index (κ3) is 4.34. The Balaban J connectivity index is 1.23. The zero-order valence-corrected chi connectivity index (χ0v) is 20.5. The third-order valence-corrected chi connectivity index (χ3v) is 7.12. The number of piperazine rings is 2. The number of nitrogens with zero attached hydrogens (tertiary/aromatic N) is 7. The fraction of sp³-hybridized carbons (Fsp3) is 0.480. The molecule has 0 saturated carbocycles. The fourth-order valence-corrected chi connectivity index (χ4v) is 4.99. The van der Waals surface area contributed by atoms with Crippen molar-refractivity contribution < 1.29 is 14.4 Å². The molecule has 3 aliphatic heterocycles. The molecule has 2 saturated heterocycles. The Morgan fingerprint density at radius 3 is 1.83 bits per heavy atom. The summed E-state index contributed by atoms with van der Waals surface area (Å²) in [6.07, 6.45) is 0. The number of carbonyl (C=O) groups is 3. The molecule has 2 fully saturated rings. The molecule has 1 atom stereocenters. The van der Waals surface area contributed by atoms with Gasteiger partial charge in [-0.1, -0.05) is 12.1 Å². The van der Waals surface area contributed by atoms with E-state index in [9.17, 15) is 14.4 Å². The molecule has 2 aromatic rings.